The Hall–Kier alpha value is -0.700. The molecule has 0 bridgehead atoms. The number of nitrogens with one attached hydrogen (secondary N) is 1. The molecule has 1 N–H and O–H groups in total. The molecule has 3 heteroatoms. The molecule has 0 fully saturated rings. The quantitative estimate of drug-likeness (QED) is 0.712. The predicted molar refractivity (Wildman–Crippen MR) is 52.7 cm³/mol. The summed E-state index contributed by atoms with van der Waals surface area (Å²) in [5.41, 5.74) is 2.18. The molecule has 0 spiro atoms. The van der Waals surface area contributed by atoms with Gasteiger partial charge in [-0.1, -0.05) is 13.8 Å². The lowest BCUT2D eigenvalue weighted by Gasteiger charge is -2.04. The maximum absolute atomic E-state index is 4.97. The normalized spacial score (nSPS) is 10.7. The summed E-state index contributed by atoms with van der Waals surface area (Å²) in [6.45, 7) is 6.36. The number of H-pyrrole nitrogens is 1. The van der Waals surface area contributed by atoms with Gasteiger partial charge >= 0.3 is 0 Å². The fourth-order valence-corrected chi connectivity index (χ4v) is 1.45. The van der Waals surface area contributed by atoms with E-state index >= 15 is 0 Å². The maximum Gasteiger partial charge on any atom is 0.197 e. The monoisotopic (exact) mass is 182 g/mol. The molecule has 0 saturated heterocycles. The maximum atomic E-state index is 4.97. The van der Waals surface area contributed by atoms with Gasteiger partial charge in [0.1, 0.15) is 0 Å². The van der Waals surface area contributed by atoms with E-state index in [4.69, 9.17) is 12.2 Å². The molecular formula is C9H14N2S. The van der Waals surface area contributed by atoms with E-state index in [0.29, 0.717) is 10.7 Å². The summed E-state index contributed by atoms with van der Waals surface area (Å²) in [5.74, 6) is 0.633. The zero-order valence-electron chi connectivity index (χ0n) is 7.72. The van der Waals surface area contributed by atoms with E-state index in [0.717, 1.165) is 17.8 Å². The third-order valence-electron chi connectivity index (χ3n) is 1.55. The third-order valence-corrected chi connectivity index (χ3v) is 1.74. The lowest BCUT2D eigenvalue weighted by atomic mass is 10.1. The van der Waals surface area contributed by atoms with E-state index in [1.54, 1.807) is 0 Å². The van der Waals surface area contributed by atoms with E-state index in [1.807, 2.05) is 6.92 Å². The van der Waals surface area contributed by atoms with Crippen molar-refractivity contribution in [2.24, 2.45) is 5.92 Å². The van der Waals surface area contributed by atoms with Gasteiger partial charge in [-0.15, -0.1) is 0 Å². The Labute approximate surface area is 78.1 Å². The first-order valence-corrected chi connectivity index (χ1v) is 4.55. The van der Waals surface area contributed by atoms with E-state index in [1.165, 1.54) is 0 Å². The van der Waals surface area contributed by atoms with Gasteiger partial charge in [0.2, 0.25) is 0 Å². The van der Waals surface area contributed by atoms with Gasteiger partial charge in [-0.3, -0.25) is 0 Å². The summed E-state index contributed by atoms with van der Waals surface area (Å²) < 4.78 is 0.589. The van der Waals surface area contributed by atoms with Gasteiger partial charge in [0.05, 0.1) is 0 Å². The number of aromatic nitrogens is 2. The van der Waals surface area contributed by atoms with Crippen molar-refractivity contribution in [1.82, 2.24) is 9.97 Å². The van der Waals surface area contributed by atoms with Gasteiger partial charge in [0.25, 0.3) is 0 Å². The number of aromatic amines is 1. The van der Waals surface area contributed by atoms with E-state index < -0.39 is 0 Å². The fraction of sp³-hybridized carbons (Fsp3) is 0.556. The number of hydrogen-bond donors (Lipinski definition) is 1. The third kappa shape index (κ3) is 2.74. The Morgan fingerprint density at radius 2 is 2.25 bits per heavy atom. The predicted octanol–water partition coefficient (Wildman–Crippen LogP) is 2.65. The van der Waals surface area contributed by atoms with E-state index in [9.17, 15) is 0 Å². The largest absolute Gasteiger partial charge is 0.335 e. The Bertz CT molecular complexity index is 315. The Morgan fingerprint density at radius 3 is 2.75 bits per heavy atom. The number of hydrogen-bond acceptors (Lipinski definition) is 2. The molecule has 0 radical (unpaired) electrons. The van der Waals surface area contributed by atoms with Crippen LogP contribution in [0.1, 0.15) is 25.2 Å². The zero-order chi connectivity index (χ0) is 9.14. The molecule has 0 aromatic carbocycles. The Kier molecular flexibility index (Phi) is 2.98. The summed E-state index contributed by atoms with van der Waals surface area (Å²) in [4.78, 5) is 7.22. The van der Waals surface area contributed by atoms with Crippen LogP contribution in [0.3, 0.4) is 0 Å². The molecular weight excluding hydrogens is 168 g/mol. The average Bonchev–Trinajstić information content (AvgIpc) is 1.81. The number of rotatable bonds is 2. The van der Waals surface area contributed by atoms with Gasteiger partial charge in [-0.05, 0) is 37.5 Å². The number of nitrogens with zero attached hydrogens (tertiary/aromatic N) is 1. The molecule has 1 rings (SSSR count). The Balaban J connectivity index is 2.93. The molecule has 1 aromatic rings. The molecule has 0 aliphatic rings. The van der Waals surface area contributed by atoms with Crippen molar-refractivity contribution in [2.45, 2.75) is 27.2 Å². The summed E-state index contributed by atoms with van der Waals surface area (Å²) in [7, 11) is 0. The minimum absolute atomic E-state index is 0.589. The first-order valence-electron chi connectivity index (χ1n) is 4.15. The minimum Gasteiger partial charge on any atom is -0.335 e. The van der Waals surface area contributed by atoms with Crippen molar-refractivity contribution in [3.8, 4) is 0 Å². The second kappa shape index (κ2) is 3.81. The van der Waals surface area contributed by atoms with Crippen LogP contribution in [0.5, 0.6) is 0 Å². The van der Waals surface area contributed by atoms with Crippen molar-refractivity contribution >= 4 is 12.2 Å². The second-order valence-electron chi connectivity index (χ2n) is 3.46. The van der Waals surface area contributed by atoms with Crippen LogP contribution >= 0.6 is 12.2 Å². The lowest BCUT2D eigenvalue weighted by Crippen LogP contribution is -1.99. The molecule has 0 unspecified atom stereocenters. The van der Waals surface area contributed by atoms with Crippen molar-refractivity contribution in [2.75, 3.05) is 0 Å². The first kappa shape index (κ1) is 9.39. The van der Waals surface area contributed by atoms with Gasteiger partial charge in [-0.25, -0.2) is 4.98 Å². The van der Waals surface area contributed by atoms with E-state index in [-0.39, 0.29) is 0 Å². The first-order chi connectivity index (χ1) is 5.58. The minimum atomic E-state index is 0.589. The van der Waals surface area contributed by atoms with Crippen LogP contribution in [0, 0.1) is 17.6 Å². The molecule has 1 heterocycles. The smallest absolute Gasteiger partial charge is 0.197 e. The van der Waals surface area contributed by atoms with Gasteiger partial charge in [0.15, 0.2) is 4.77 Å². The highest BCUT2D eigenvalue weighted by Crippen LogP contribution is 2.05. The Morgan fingerprint density at radius 1 is 1.58 bits per heavy atom. The molecule has 0 aliphatic carbocycles. The van der Waals surface area contributed by atoms with Gasteiger partial charge < -0.3 is 4.98 Å². The van der Waals surface area contributed by atoms with Gasteiger partial charge in [0, 0.05) is 11.4 Å². The van der Waals surface area contributed by atoms with Crippen molar-refractivity contribution < 1.29 is 0 Å². The fourth-order valence-electron chi connectivity index (χ4n) is 1.17. The lowest BCUT2D eigenvalue weighted by molar-refractivity contribution is 0.632. The van der Waals surface area contributed by atoms with Crippen LogP contribution in [0.2, 0.25) is 0 Å². The van der Waals surface area contributed by atoms with Crippen LogP contribution in [-0.4, -0.2) is 9.97 Å². The topological polar surface area (TPSA) is 28.7 Å². The SMILES string of the molecule is Cc1cc(CC(C)C)nc(=S)[nH]1. The van der Waals surface area contributed by atoms with Crippen LogP contribution in [-0.2, 0) is 6.42 Å². The van der Waals surface area contributed by atoms with Crippen molar-refractivity contribution in [3.05, 3.63) is 22.2 Å². The molecule has 1 aromatic heterocycles. The van der Waals surface area contributed by atoms with E-state index in [2.05, 4.69) is 29.9 Å². The van der Waals surface area contributed by atoms with Crippen LogP contribution in [0.15, 0.2) is 6.07 Å². The van der Waals surface area contributed by atoms with Crippen molar-refractivity contribution in [3.63, 3.8) is 0 Å². The molecule has 0 amide bonds. The average molecular weight is 182 g/mol. The highest BCUT2D eigenvalue weighted by molar-refractivity contribution is 7.71. The molecule has 2 nitrogen and oxygen atoms in total. The summed E-state index contributed by atoms with van der Waals surface area (Å²) in [6.07, 6.45) is 0.999. The zero-order valence-corrected chi connectivity index (χ0v) is 8.53. The molecule has 12 heavy (non-hydrogen) atoms. The molecule has 0 saturated carbocycles. The summed E-state index contributed by atoms with van der Waals surface area (Å²) in [6, 6.07) is 2.05. The van der Waals surface area contributed by atoms with Gasteiger partial charge in [-0.2, -0.15) is 0 Å². The standard InChI is InChI=1S/C9H14N2S/c1-6(2)4-8-5-7(3)10-9(12)11-8/h5-6H,4H2,1-3H3,(H,10,11,12). The molecule has 66 valence electrons. The highest BCUT2D eigenvalue weighted by Gasteiger charge is 1.99. The molecule has 0 aliphatic heterocycles. The van der Waals surface area contributed by atoms with Crippen LogP contribution in [0.25, 0.3) is 0 Å². The number of aryl methyl sites for hydroxylation is 1. The van der Waals surface area contributed by atoms with Crippen molar-refractivity contribution in [1.29, 1.82) is 0 Å². The van der Waals surface area contributed by atoms with Crippen LogP contribution in [0.4, 0.5) is 0 Å². The second-order valence-corrected chi connectivity index (χ2v) is 3.85. The molecule has 0 atom stereocenters. The summed E-state index contributed by atoms with van der Waals surface area (Å²) >= 11 is 4.97. The summed E-state index contributed by atoms with van der Waals surface area (Å²) in [5, 5.41) is 0. The van der Waals surface area contributed by atoms with Crippen LogP contribution < -0.4 is 0 Å². The highest BCUT2D eigenvalue weighted by atomic mass is 32.1.